The van der Waals surface area contributed by atoms with Gasteiger partial charge in [-0.3, -0.25) is 9.20 Å². The van der Waals surface area contributed by atoms with Crippen LogP contribution in [0, 0.1) is 12.8 Å². The Morgan fingerprint density at radius 3 is 2.72 bits per heavy atom. The van der Waals surface area contributed by atoms with Crippen molar-refractivity contribution in [3.63, 3.8) is 0 Å². The second kappa shape index (κ2) is 6.98. The fourth-order valence-corrected chi connectivity index (χ4v) is 4.12. The fraction of sp³-hybridized carbons (Fsp3) is 0.667. The van der Waals surface area contributed by atoms with Gasteiger partial charge >= 0.3 is 0 Å². The van der Waals surface area contributed by atoms with Crippen LogP contribution >= 0.6 is 0 Å². The highest BCUT2D eigenvalue weighted by Crippen LogP contribution is 2.26. The Morgan fingerprint density at radius 2 is 1.96 bits per heavy atom. The minimum Gasteiger partial charge on any atom is -0.353 e. The van der Waals surface area contributed by atoms with Crippen molar-refractivity contribution < 1.29 is 4.79 Å². The van der Waals surface area contributed by atoms with E-state index in [0.717, 1.165) is 56.1 Å². The second-order valence-electron chi connectivity index (χ2n) is 7.38. The normalized spacial score (nSPS) is 19.6. The smallest absolute Gasteiger partial charge is 0.220 e. The number of nitrogens with zero attached hydrogens (tertiary/aromatic N) is 5. The average Bonchev–Trinajstić information content (AvgIpc) is 3.26. The van der Waals surface area contributed by atoms with E-state index in [4.69, 9.17) is 0 Å². The molecule has 0 spiro atoms. The zero-order valence-electron chi connectivity index (χ0n) is 14.8. The first kappa shape index (κ1) is 16.3. The lowest BCUT2D eigenvalue weighted by molar-refractivity contribution is -0.122. The van der Waals surface area contributed by atoms with Gasteiger partial charge in [0.1, 0.15) is 5.82 Å². The van der Waals surface area contributed by atoms with Crippen LogP contribution in [-0.4, -0.2) is 44.6 Å². The van der Waals surface area contributed by atoms with E-state index >= 15 is 0 Å². The maximum absolute atomic E-state index is 12.2. The number of aromatic nitrogens is 4. The molecule has 1 saturated carbocycles. The molecule has 0 bridgehead atoms. The molecule has 2 aromatic rings. The van der Waals surface area contributed by atoms with Gasteiger partial charge in [0.25, 0.3) is 0 Å². The molecule has 1 N–H and O–H groups in total. The van der Waals surface area contributed by atoms with Crippen LogP contribution in [-0.2, 0) is 4.79 Å². The van der Waals surface area contributed by atoms with Gasteiger partial charge in [-0.15, -0.1) is 10.2 Å². The van der Waals surface area contributed by atoms with E-state index in [1.807, 2.05) is 17.5 Å². The van der Waals surface area contributed by atoms with Crippen LogP contribution in [0.3, 0.4) is 0 Å². The molecule has 1 saturated heterocycles. The number of hydrogen-bond donors (Lipinski definition) is 1. The third-order valence-corrected chi connectivity index (χ3v) is 5.59. The Labute approximate surface area is 147 Å². The number of rotatable bonds is 4. The summed E-state index contributed by atoms with van der Waals surface area (Å²) in [5.74, 6) is 2.48. The van der Waals surface area contributed by atoms with Gasteiger partial charge in [-0.1, -0.05) is 12.8 Å². The number of piperidine rings is 1. The van der Waals surface area contributed by atoms with Crippen LogP contribution in [0.5, 0.6) is 0 Å². The molecule has 134 valence electrons. The Morgan fingerprint density at radius 1 is 1.20 bits per heavy atom. The summed E-state index contributed by atoms with van der Waals surface area (Å²) in [6.07, 6.45) is 11.2. The SMILES string of the molecule is Cc1nnc2c(N3CCC(CC(=O)NC4CCCC4)CC3)nccn12. The molecule has 2 fully saturated rings. The quantitative estimate of drug-likeness (QED) is 0.921. The van der Waals surface area contributed by atoms with Gasteiger partial charge in [0, 0.05) is 37.9 Å². The maximum atomic E-state index is 12.2. The number of fused-ring (bicyclic) bond motifs is 1. The highest BCUT2D eigenvalue weighted by molar-refractivity contribution is 5.76. The molecule has 0 aromatic carbocycles. The molecular weight excluding hydrogens is 316 g/mol. The predicted octanol–water partition coefficient (Wildman–Crippen LogP) is 2.10. The third-order valence-electron chi connectivity index (χ3n) is 5.59. The lowest BCUT2D eigenvalue weighted by Crippen LogP contribution is -2.38. The van der Waals surface area contributed by atoms with E-state index in [9.17, 15) is 4.79 Å². The van der Waals surface area contributed by atoms with E-state index < -0.39 is 0 Å². The summed E-state index contributed by atoms with van der Waals surface area (Å²) in [6.45, 7) is 3.78. The molecule has 7 nitrogen and oxygen atoms in total. The molecular formula is C18H26N6O. The second-order valence-corrected chi connectivity index (χ2v) is 7.38. The summed E-state index contributed by atoms with van der Waals surface area (Å²) in [5, 5.41) is 11.6. The Balaban J connectivity index is 1.34. The summed E-state index contributed by atoms with van der Waals surface area (Å²) in [5.41, 5.74) is 0.817. The van der Waals surface area contributed by atoms with Crippen molar-refractivity contribution in [2.24, 2.45) is 5.92 Å². The molecule has 4 rings (SSSR count). The number of carbonyl (C=O) groups excluding carboxylic acids is 1. The molecule has 1 aliphatic heterocycles. The number of anilines is 1. The zero-order valence-corrected chi connectivity index (χ0v) is 14.8. The van der Waals surface area contributed by atoms with Crippen LogP contribution in [0.15, 0.2) is 12.4 Å². The lowest BCUT2D eigenvalue weighted by atomic mass is 9.93. The first-order valence-corrected chi connectivity index (χ1v) is 9.41. The number of carbonyl (C=O) groups is 1. The van der Waals surface area contributed by atoms with Crippen LogP contribution in [0.2, 0.25) is 0 Å². The van der Waals surface area contributed by atoms with Crippen LogP contribution in [0.4, 0.5) is 5.82 Å². The largest absolute Gasteiger partial charge is 0.353 e. The number of aryl methyl sites for hydroxylation is 1. The van der Waals surface area contributed by atoms with Crippen molar-refractivity contribution in [1.29, 1.82) is 0 Å². The summed E-state index contributed by atoms with van der Waals surface area (Å²) >= 11 is 0. The third kappa shape index (κ3) is 3.45. The van der Waals surface area contributed by atoms with Gasteiger partial charge in [-0.25, -0.2) is 4.98 Å². The molecule has 1 amide bonds. The summed E-state index contributed by atoms with van der Waals surface area (Å²) in [7, 11) is 0. The van der Waals surface area contributed by atoms with Crippen molar-refractivity contribution in [1.82, 2.24) is 24.9 Å². The molecule has 0 atom stereocenters. The number of nitrogens with one attached hydrogen (secondary N) is 1. The summed E-state index contributed by atoms with van der Waals surface area (Å²) in [4.78, 5) is 19.0. The first-order valence-electron chi connectivity index (χ1n) is 9.41. The van der Waals surface area contributed by atoms with E-state index in [2.05, 4.69) is 25.4 Å². The van der Waals surface area contributed by atoms with Crippen molar-refractivity contribution in [3.05, 3.63) is 18.2 Å². The van der Waals surface area contributed by atoms with E-state index in [-0.39, 0.29) is 5.91 Å². The molecule has 3 heterocycles. The molecule has 25 heavy (non-hydrogen) atoms. The predicted molar refractivity (Wildman–Crippen MR) is 95.5 cm³/mol. The lowest BCUT2D eigenvalue weighted by Gasteiger charge is -2.32. The minimum absolute atomic E-state index is 0.235. The van der Waals surface area contributed by atoms with Crippen LogP contribution in [0.25, 0.3) is 5.65 Å². The van der Waals surface area contributed by atoms with E-state index in [0.29, 0.717) is 18.4 Å². The first-order chi connectivity index (χ1) is 12.2. The average molecular weight is 342 g/mol. The maximum Gasteiger partial charge on any atom is 0.220 e. The van der Waals surface area contributed by atoms with Gasteiger partial charge in [-0.2, -0.15) is 0 Å². The zero-order chi connectivity index (χ0) is 17.2. The van der Waals surface area contributed by atoms with Gasteiger partial charge < -0.3 is 10.2 Å². The molecule has 2 aromatic heterocycles. The van der Waals surface area contributed by atoms with Gasteiger partial charge in [-0.05, 0) is 38.5 Å². The van der Waals surface area contributed by atoms with Crippen molar-refractivity contribution in [2.75, 3.05) is 18.0 Å². The Kier molecular flexibility index (Phi) is 4.55. The standard InChI is InChI=1S/C18H26N6O/c1-13-21-22-18-17(19-8-11-24(13)18)23-9-6-14(7-10-23)12-16(25)20-15-4-2-3-5-15/h8,11,14-15H,2-7,9-10,12H2,1H3,(H,20,25). The topological polar surface area (TPSA) is 75.4 Å². The van der Waals surface area contributed by atoms with E-state index in [1.54, 1.807) is 6.20 Å². The van der Waals surface area contributed by atoms with Gasteiger partial charge in [0.15, 0.2) is 5.82 Å². The molecule has 7 heteroatoms. The van der Waals surface area contributed by atoms with Crippen LogP contribution < -0.4 is 10.2 Å². The Bertz CT molecular complexity index is 743. The molecule has 2 aliphatic rings. The van der Waals surface area contributed by atoms with Crippen LogP contribution in [0.1, 0.15) is 50.8 Å². The molecule has 0 unspecified atom stereocenters. The van der Waals surface area contributed by atoms with Crippen molar-refractivity contribution in [3.8, 4) is 0 Å². The van der Waals surface area contributed by atoms with Crippen molar-refractivity contribution >= 4 is 17.4 Å². The summed E-state index contributed by atoms with van der Waals surface area (Å²) in [6, 6.07) is 0.422. The van der Waals surface area contributed by atoms with Gasteiger partial charge in [0.05, 0.1) is 0 Å². The minimum atomic E-state index is 0.235. The number of amides is 1. The number of hydrogen-bond acceptors (Lipinski definition) is 5. The summed E-state index contributed by atoms with van der Waals surface area (Å²) < 4.78 is 1.98. The molecule has 1 aliphatic carbocycles. The highest BCUT2D eigenvalue weighted by atomic mass is 16.1. The van der Waals surface area contributed by atoms with E-state index in [1.165, 1.54) is 12.8 Å². The highest BCUT2D eigenvalue weighted by Gasteiger charge is 2.25. The fourth-order valence-electron chi connectivity index (χ4n) is 4.12. The van der Waals surface area contributed by atoms with Gasteiger partial charge in [0.2, 0.25) is 11.6 Å². The monoisotopic (exact) mass is 342 g/mol. The Hall–Kier alpha value is -2.18. The molecule has 0 radical (unpaired) electrons. The van der Waals surface area contributed by atoms with Crippen molar-refractivity contribution in [2.45, 2.75) is 57.9 Å².